The van der Waals surface area contributed by atoms with E-state index < -0.39 is 5.97 Å². The van der Waals surface area contributed by atoms with Gasteiger partial charge < -0.3 is 10.4 Å². The zero-order valence-corrected chi connectivity index (χ0v) is 13.7. The molecule has 0 bridgehead atoms. The predicted molar refractivity (Wildman–Crippen MR) is 85.5 cm³/mol. The van der Waals surface area contributed by atoms with Crippen LogP contribution in [0.3, 0.4) is 0 Å². The highest BCUT2D eigenvalue weighted by Crippen LogP contribution is 2.44. The van der Waals surface area contributed by atoms with Gasteiger partial charge in [-0.3, -0.25) is 9.59 Å². The topological polar surface area (TPSA) is 66.4 Å². The maximum absolute atomic E-state index is 12.3. The largest absolute Gasteiger partial charge is 0.481 e. The monoisotopic (exact) mass is 313 g/mol. The second kappa shape index (κ2) is 7.52. The van der Waals surface area contributed by atoms with Crippen molar-refractivity contribution in [2.45, 2.75) is 75.5 Å². The van der Waals surface area contributed by atoms with Crippen molar-refractivity contribution in [3.8, 4) is 0 Å². The number of carboxylic acid groups (broad SMARTS) is 1. The van der Waals surface area contributed by atoms with E-state index in [1.165, 1.54) is 12.8 Å². The molecule has 21 heavy (non-hydrogen) atoms. The number of hydrogen-bond acceptors (Lipinski definition) is 3. The summed E-state index contributed by atoms with van der Waals surface area (Å²) in [6.45, 7) is 0. The van der Waals surface area contributed by atoms with Gasteiger partial charge in [-0.15, -0.1) is 0 Å². The highest BCUT2D eigenvalue weighted by molar-refractivity contribution is 7.99. The van der Waals surface area contributed by atoms with Crippen molar-refractivity contribution in [2.75, 3.05) is 6.26 Å². The molecule has 0 heterocycles. The van der Waals surface area contributed by atoms with Crippen molar-refractivity contribution in [3.63, 3.8) is 0 Å². The van der Waals surface area contributed by atoms with E-state index in [0.717, 1.165) is 38.5 Å². The lowest BCUT2D eigenvalue weighted by atomic mass is 9.79. The smallest absolute Gasteiger partial charge is 0.303 e. The zero-order chi connectivity index (χ0) is 15.3. The fourth-order valence-corrected chi connectivity index (χ4v) is 4.80. The van der Waals surface area contributed by atoms with Crippen LogP contribution in [0, 0.1) is 5.41 Å². The summed E-state index contributed by atoms with van der Waals surface area (Å²) >= 11 is 1.89. The molecule has 2 atom stereocenters. The molecule has 0 aromatic rings. The second-order valence-corrected chi connectivity index (χ2v) is 7.88. The van der Waals surface area contributed by atoms with E-state index in [1.54, 1.807) is 0 Å². The summed E-state index contributed by atoms with van der Waals surface area (Å²) in [6.07, 6.45) is 11.1. The molecule has 2 rings (SSSR count). The molecular weight excluding hydrogens is 286 g/mol. The van der Waals surface area contributed by atoms with Crippen molar-refractivity contribution >= 4 is 23.6 Å². The van der Waals surface area contributed by atoms with Gasteiger partial charge >= 0.3 is 5.97 Å². The van der Waals surface area contributed by atoms with Crippen LogP contribution in [-0.2, 0) is 9.59 Å². The van der Waals surface area contributed by atoms with Crippen molar-refractivity contribution in [3.05, 3.63) is 0 Å². The maximum atomic E-state index is 12.3. The van der Waals surface area contributed by atoms with Gasteiger partial charge in [-0.25, -0.2) is 0 Å². The molecule has 0 aromatic heterocycles. The number of aliphatic carboxylic acids is 1. The minimum absolute atomic E-state index is 0.0601. The van der Waals surface area contributed by atoms with Crippen molar-refractivity contribution in [1.29, 1.82) is 0 Å². The Morgan fingerprint density at radius 3 is 2.52 bits per heavy atom. The molecule has 0 saturated heterocycles. The first kappa shape index (κ1) is 16.7. The fraction of sp³-hybridized carbons (Fsp3) is 0.875. The number of carbonyl (C=O) groups excluding carboxylic acids is 1. The number of carboxylic acids is 1. The Bertz CT molecular complexity index is 380. The van der Waals surface area contributed by atoms with Crippen molar-refractivity contribution in [2.24, 2.45) is 5.41 Å². The Kier molecular flexibility index (Phi) is 5.97. The number of rotatable bonds is 6. The minimum Gasteiger partial charge on any atom is -0.481 e. The first-order chi connectivity index (χ1) is 10.0. The van der Waals surface area contributed by atoms with E-state index in [9.17, 15) is 9.59 Å². The van der Waals surface area contributed by atoms with Gasteiger partial charge in [0.1, 0.15) is 0 Å². The van der Waals surface area contributed by atoms with E-state index in [0.29, 0.717) is 11.7 Å². The Morgan fingerprint density at radius 2 is 1.90 bits per heavy atom. The van der Waals surface area contributed by atoms with E-state index in [2.05, 4.69) is 11.6 Å². The zero-order valence-electron chi connectivity index (χ0n) is 12.9. The minimum atomic E-state index is -0.773. The third-order valence-electron chi connectivity index (χ3n) is 5.05. The van der Waals surface area contributed by atoms with Crippen LogP contribution in [0.25, 0.3) is 0 Å². The van der Waals surface area contributed by atoms with Crippen molar-refractivity contribution in [1.82, 2.24) is 5.32 Å². The molecular formula is C16H27NO3S. The van der Waals surface area contributed by atoms with Crippen LogP contribution >= 0.6 is 11.8 Å². The summed E-state index contributed by atoms with van der Waals surface area (Å²) in [6, 6.07) is 0.284. The summed E-state index contributed by atoms with van der Waals surface area (Å²) in [5.41, 5.74) is -0.288. The van der Waals surface area contributed by atoms with Gasteiger partial charge in [0.25, 0.3) is 0 Å². The van der Waals surface area contributed by atoms with E-state index in [4.69, 9.17) is 5.11 Å². The molecule has 1 amide bonds. The quantitative estimate of drug-likeness (QED) is 0.790. The first-order valence-corrected chi connectivity index (χ1v) is 9.36. The molecule has 0 spiro atoms. The van der Waals surface area contributed by atoms with Gasteiger partial charge in [0.15, 0.2) is 0 Å². The first-order valence-electron chi connectivity index (χ1n) is 8.07. The van der Waals surface area contributed by atoms with Crippen LogP contribution < -0.4 is 5.32 Å². The summed E-state index contributed by atoms with van der Waals surface area (Å²) in [4.78, 5) is 23.4. The van der Waals surface area contributed by atoms with Crippen LogP contribution in [0.2, 0.25) is 0 Å². The number of nitrogens with one attached hydrogen (secondary N) is 1. The molecule has 5 heteroatoms. The van der Waals surface area contributed by atoms with Gasteiger partial charge in [-0.05, 0) is 43.8 Å². The third kappa shape index (κ3) is 4.90. The standard InChI is InChI=1S/C16H27NO3S/c1-21-13-6-4-5-12(9-13)17-14(18)10-16(11-15(19)20)7-2-3-8-16/h12-13H,2-11H2,1H3,(H,17,18)(H,19,20). The summed E-state index contributed by atoms with van der Waals surface area (Å²) in [5.74, 6) is -0.713. The molecule has 4 nitrogen and oxygen atoms in total. The van der Waals surface area contributed by atoms with Crippen LogP contribution in [0.15, 0.2) is 0 Å². The van der Waals surface area contributed by atoms with Gasteiger partial charge in [-0.2, -0.15) is 11.8 Å². The normalized spacial score (nSPS) is 28.2. The van der Waals surface area contributed by atoms with Gasteiger partial charge in [0.2, 0.25) is 5.91 Å². The van der Waals surface area contributed by atoms with Crippen molar-refractivity contribution < 1.29 is 14.7 Å². The summed E-state index contributed by atoms with van der Waals surface area (Å²) in [7, 11) is 0. The highest BCUT2D eigenvalue weighted by atomic mass is 32.2. The molecule has 0 aliphatic heterocycles. The number of carbonyl (C=O) groups is 2. The molecule has 2 N–H and O–H groups in total. The van der Waals surface area contributed by atoms with Crippen LogP contribution in [0.5, 0.6) is 0 Å². The molecule has 0 radical (unpaired) electrons. The molecule has 120 valence electrons. The van der Waals surface area contributed by atoms with E-state index in [1.807, 2.05) is 11.8 Å². The summed E-state index contributed by atoms with van der Waals surface area (Å²) < 4.78 is 0. The molecule has 2 aliphatic carbocycles. The number of hydrogen-bond donors (Lipinski definition) is 2. The Balaban J connectivity index is 1.86. The Hall–Kier alpha value is -0.710. The maximum Gasteiger partial charge on any atom is 0.303 e. The lowest BCUT2D eigenvalue weighted by Gasteiger charge is -2.31. The molecule has 0 aromatic carbocycles. The molecule has 2 aliphatic rings. The van der Waals surface area contributed by atoms with Gasteiger partial charge in [0, 0.05) is 17.7 Å². The van der Waals surface area contributed by atoms with Crippen LogP contribution in [0.1, 0.15) is 64.2 Å². The van der Waals surface area contributed by atoms with E-state index >= 15 is 0 Å². The van der Waals surface area contributed by atoms with Crippen LogP contribution in [0.4, 0.5) is 0 Å². The lowest BCUT2D eigenvalue weighted by Crippen LogP contribution is -2.41. The molecule has 2 fully saturated rings. The number of amides is 1. The van der Waals surface area contributed by atoms with Gasteiger partial charge in [0.05, 0.1) is 6.42 Å². The Morgan fingerprint density at radius 1 is 1.19 bits per heavy atom. The molecule has 2 saturated carbocycles. The average molecular weight is 313 g/mol. The second-order valence-electron chi connectivity index (χ2n) is 6.74. The SMILES string of the molecule is CSC1CCCC(NC(=O)CC2(CC(=O)O)CCCC2)C1. The van der Waals surface area contributed by atoms with Gasteiger partial charge in [-0.1, -0.05) is 19.3 Å². The number of thioether (sulfide) groups is 1. The van der Waals surface area contributed by atoms with E-state index in [-0.39, 0.29) is 23.8 Å². The third-order valence-corrected chi connectivity index (χ3v) is 6.15. The van der Waals surface area contributed by atoms with Crippen LogP contribution in [-0.4, -0.2) is 34.5 Å². The fourth-order valence-electron chi connectivity index (χ4n) is 3.97. The average Bonchev–Trinajstić information content (AvgIpc) is 2.85. The summed E-state index contributed by atoms with van der Waals surface area (Å²) in [5, 5.41) is 12.9. The Labute approximate surface area is 131 Å². The highest BCUT2D eigenvalue weighted by Gasteiger charge is 2.38. The molecule has 2 unspecified atom stereocenters. The predicted octanol–water partition coefficient (Wildman–Crippen LogP) is 3.20. The lowest BCUT2D eigenvalue weighted by molar-refractivity contribution is -0.140.